The lowest BCUT2D eigenvalue weighted by molar-refractivity contribution is 0.0943. The Kier molecular flexibility index (Phi) is 4.68. The third kappa shape index (κ3) is 3.66. The molecule has 1 aliphatic rings. The normalized spacial score (nSPS) is 11.8. The Bertz CT molecular complexity index is 801. The van der Waals surface area contributed by atoms with E-state index < -0.39 is 5.91 Å². The first kappa shape index (κ1) is 16.3. The van der Waals surface area contributed by atoms with Crippen LogP contribution in [-0.4, -0.2) is 17.8 Å². The molecule has 3 rings (SSSR count). The maximum atomic E-state index is 12.8. The summed E-state index contributed by atoms with van der Waals surface area (Å²) in [6.45, 7) is 0.0596. The van der Waals surface area contributed by atoms with Crippen molar-refractivity contribution in [2.45, 2.75) is 0 Å². The first-order valence-corrected chi connectivity index (χ1v) is 7.53. The molecule has 0 aliphatic carbocycles. The third-order valence-electron chi connectivity index (χ3n) is 3.08. The van der Waals surface area contributed by atoms with Crippen LogP contribution in [-0.2, 0) is 0 Å². The van der Waals surface area contributed by atoms with Crippen LogP contribution in [0.3, 0.4) is 0 Å². The van der Waals surface area contributed by atoms with Crippen LogP contribution < -0.4 is 25.6 Å². The summed E-state index contributed by atoms with van der Waals surface area (Å²) in [6, 6.07) is 8.59. The molecule has 0 saturated carbocycles. The second-order valence-electron chi connectivity index (χ2n) is 4.73. The number of amides is 1. The Hall–Kier alpha value is -2.58. The van der Waals surface area contributed by atoms with E-state index in [-0.39, 0.29) is 28.3 Å². The summed E-state index contributed by atoms with van der Waals surface area (Å²) in [6.07, 6.45) is 0. The molecule has 0 atom stereocenters. The number of rotatable bonds is 2. The number of carbonyl (C=O) groups is 1. The number of anilines is 1. The Balaban J connectivity index is 1.58. The van der Waals surface area contributed by atoms with Gasteiger partial charge in [-0.3, -0.25) is 15.6 Å². The van der Waals surface area contributed by atoms with Crippen molar-refractivity contribution in [3.05, 3.63) is 52.8 Å². The molecule has 0 fully saturated rings. The van der Waals surface area contributed by atoms with E-state index in [4.69, 9.17) is 33.3 Å². The molecular formula is C15H11ClFN3O3S. The van der Waals surface area contributed by atoms with Crippen LogP contribution in [0, 0.1) is 5.82 Å². The van der Waals surface area contributed by atoms with E-state index in [0.717, 1.165) is 0 Å². The van der Waals surface area contributed by atoms with Crippen LogP contribution in [0.2, 0.25) is 5.02 Å². The summed E-state index contributed by atoms with van der Waals surface area (Å²) in [5, 5.41) is 3.22. The molecule has 0 radical (unpaired) electrons. The van der Waals surface area contributed by atoms with Gasteiger partial charge in [-0.2, -0.15) is 0 Å². The van der Waals surface area contributed by atoms with Crippen molar-refractivity contribution in [3.63, 3.8) is 0 Å². The van der Waals surface area contributed by atoms with Crippen LogP contribution in [0.1, 0.15) is 10.4 Å². The van der Waals surface area contributed by atoms with E-state index in [1.807, 2.05) is 0 Å². The number of benzene rings is 2. The number of fused-ring (bicyclic) bond motifs is 1. The summed E-state index contributed by atoms with van der Waals surface area (Å²) >= 11 is 11.1. The molecule has 1 heterocycles. The molecule has 6 nitrogen and oxygen atoms in total. The predicted molar refractivity (Wildman–Crippen MR) is 90.8 cm³/mol. The fourth-order valence-corrected chi connectivity index (χ4v) is 2.41. The number of nitrogens with one attached hydrogen (secondary N) is 3. The standard InChI is InChI=1S/C15H11ClFN3O3S/c16-11-5-8(6-12-13(11)23-7-22-12)14(21)19-20-15(24)18-10-3-1-9(17)2-4-10/h1-6H,7H2,(H,19,21)(H2,18,20,24). The highest BCUT2D eigenvalue weighted by atomic mass is 35.5. The molecule has 1 aliphatic heterocycles. The van der Waals surface area contributed by atoms with Crippen LogP contribution in [0.25, 0.3) is 0 Å². The maximum Gasteiger partial charge on any atom is 0.269 e. The van der Waals surface area contributed by atoms with Crippen molar-refractivity contribution in [1.82, 2.24) is 10.9 Å². The highest BCUT2D eigenvalue weighted by Gasteiger charge is 2.20. The van der Waals surface area contributed by atoms with E-state index in [9.17, 15) is 9.18 Å². The highest BCUT2D eigenvalue weighted by Crippen LogP contribution is 2.39. The molecule has 3 N–H and O–H groups in total. The third-order valence-corrected chi connectivity index (χ3v) is 3.57. The van der Waals surface area contributed by atoms with Crippen LogP contribution in [0.5, 0.6) is 11.5 Å². The van der Waals surface area contributed by atoms with Crippen LogP contribution in [0.4, 0.5) is 10.1 Å². The molecule has 0 bridgehead atoms. The molecule has 2 aromatic rings. The minimum Gasteiger partial charge on any atom is -0.454 e. The Labute approximate surface area is 146 Å². The Morgan fingerprint density at radius 1 is 1.17 bits per heavy atom. The molecule has 124 valence electrons. The second-order valence-corrected chi connectivity index (χ2v) is 5.55. The quantitative estimate of drug-likeness (QED) is 0.560. The first-order chi connectivity index (χ1) is 11.5. The summed E-state index contributed by atoms with van der Waals surface area (Å²) in [5.41, 5.74) is 5.83. The lowest BCUT2D eigenvalue weighted by atomic mass is 10.2. The minimum absolute atomic E-state index is 0.0596. The van der Waals surface area contributed by atoms with Gasteiger partial charge < -0.3 is 14.8 Å². The van der Waals surface area contributed by atoms with E-state index >= 15 is 0 Å². The number of carbonyl (C=O) groups excluding carboxylic acids is 1. The van der Waals surface area contributed by atoms with E-state index in [2.05, 4.69) is 16.2 Å². The molecule has 0 aromatic heterocycles. The number of hydrazine groups is 1. The SMILES string of the molecule is O=C(NNC(=S)Nc1ccc(F)cc1)c1cc(Cl)c2c(c1)OCO2. The van der Waals surface area contributed by atoms with Gasteiger partial charge in [0.1, 0.15) is 5.82 Å². The number of halogens is 2. The lowest BCUT2D eigenvalue weighted by Crippen LogP contribution is -2.43. The summed E-state index contributed by atoms with van der Waals surface area (Å²) in [7, 11) is 0. The van der Waals surface area contributed by atoms with E-state index in [0.29, 0.717) is 17.2 Å². The van der Waals surface area contributed by atoms with Crippen LogP contribution >= 0.6 is 23.8 Å². The molecule has 24 heavy (non-hydrogen) atoms. The zero-order chi connectivity index (χ0) is 17.1. The summed E-state index contributed by atoms with van der Waals surface area (Å²) in [4.78, 5) is 12.1. The van der Waals surface area contributed by atoms with Crippen LogP contribution in [0.15, 0.2) is 36.4 Å². The molecule has 1 amide bonds. The minimum atomic E-state index is -0.460. The van der Waals surface area contributed by atoms with E-state index in [1.165, 1.54) is 36.4 Å². The van der Waals surface area contributed by atoms with Gasteiger partial charge in [-0.25, -0.2) is 4.39 Å². The van der Waals surface area contributed by atoms with Gasteiger partial charge in [-0.1, -0.05) is 11.6 Å². The highest BCUT2D eigenvalue weighted by molar-refractivity contribution is 7.80. The molecule has 2 aromatic carbocycles. The topological polar surface area (TPSA) is 71.6 Å². The fraction of sp³-hybridized carbons (Fsp3) is 0.0667. The lowest BCUT2D eigenvalue weighted by Gasteiger charge is -2.12. The van der Waals surface area contributed by atoms with E-state index in [1.54, 1.807) is 0 Å². The largest absolute Gasteiger partial charge is 0.454 e. The Morgan fingerprint density at radius 3 is 2.67 bits per heavy atom. The fourth-order valence-electron chi connectivity index (χ4n) is 1.98. The van der Waals surface area contributed by atoms with Gasteiger partial charge in [-0.05, 0) is 48.6 Å². The van der Waals surface area contributed by atoms with Gasteiger partial charge in [-0.15, -0.1) is 0 Å². The summed E-state index contributed by atoms with van der Waals surface area (Å²) in [5.74, 6) is 0.000195. The van der Waals surface area contributed by atoms with Crippen molar-refractivity contribution in [3.8, 4) is 11.5 Å². The van der Waals surface area contributed by atoms with Gasteiger partial charge in [0.2, 0.25) is 6.79 Å². The molecular weight excluding hydrogens is 357 g/mol. The smallest absolute Gasteiger partial charge is 0.269 e. The average Bonchev–Trinajstić information content (AvgIpc) is 3.04. The van der Waals surface area contributed by atoms with Crippen molar-refractivity contribution in [2.24, 2.45) is 0 Å². The zero-order valence-electron chi connectivity index (χ0n) is 12.1. The van der Waals surface area contributed by atoms with Crippen molar-refractivity contribution in [1.29, 1.82) is 0 Å². The molecule has 9 heteroatoms. The number of ether oxygens (including phenoxy) is 2. The Morgan fingerprint density at radius 2 is 1.92 bits per heavy atom. The zero-order valence-corrected chi connectivity index (χ0v) is 13.6. The second kappa shape index (κ2) is 6.90. The maximum absolute atomic E-state index is 12.8. The van der Waals surface area contributed by atoms with Gasteiger partial charge in [0.15, 0.2) is 16.6 Å². The van der Waals surface area contributed by atoms with Crippen molar-refractivity contribution in [2.75, 3.05) is 12.1 Å². The molecule has 0 unspecified atom stereocenters. The number of hydrogen-bond acceptors (Lipinski definition) is 4. The van der Waals surface area contributed by atoms with Gasteiger partial charge in [0.05, 0.1) is 5.02 Å². The predicted octanol–water partition coefficient (Wildman–Crippen LogP) is 2.84. The molecule has 0 saturated heterocycles. The van der Waals surface area contributed by atoms with Crippen molar-refractivity contribution >= 4 is 40.5 Å². The monoisotopic (exact) mass is 367 g/mol. The summed E-state index contributed by atoms with van der Waals surface area (Å²) < 4.78 is 23.2. The first-order valence-electron chi connectivity index (χ1n) is 6.75. The molecule has 0 spiro atoms. The average molecular weight is 368 g/mol. The number of hydrogen-bond donors (Lipinski definition) is 3. The number of thiocarbonyl (C=S) groups is 1. The van der Waals surface area contributed by atoms with Gasteiger partial charge in [0, 0.05) is 11.3 Å². The van der Waals surface area contributed by atoms with Crippen molar-refractivity contribution < 1.29 is 18.7 Å². The van der Waals surface area contributed by atoms with Gasteiger partial charge >= 0.3 is 0 Å². The van der Waals surface area contributed by atoms with Gasteiger partial charge in [0.25, 0.3) is 5.91 Å².